The van der Waals surface area contributed by atoms with Crippen molar-refractivity contribution in [1.82, 2.24) is 5.32 Å². The number of carbonyl (C=O) groups is 3. The predicted octanol–water partition coefficient (Wildman–Crippen LogP) is -0.0826. The van der Waals surface area contributed by atoms with Gasteiger partial charge in [-0.05, 0) is 11.6 Å². The lowest BCUT2D eigenvalue weighted by Gasteiger charge is -2.28. The van der Waals surface area contributed by atoms with Gasteiger partial charge in [0.05, 0.1) is 6.42 Å². The molecule has 0 aliphatic carbocycles. The van der Waals surface area contributed by atoms with Crippen molar-refractivity contribution >= 4 is 23.5 Å². The minimum absolute atomic E-state index is 0.0109. The first-order valence-corrected chi connectivity index (χ1v) is 6.00. The van der Waals surface area contributed by atoms with Crippen LogP contribution in [0.2, 0.25) is 0 Å². The lowest BCUT2D eigenvalue weighted by atomic mass is 10.1. The third-order valence-electron chi connectivity index (χ3n) is 3.58. The van der Waals surface area contributed by atoms with E-state index >= 15 is 0 Å². The van der Waals surface area contributed by atoms with Gasteiger partial charge in [0.15, 0.2) is 0 Å². The smallest absolute Gasteiger partial charge is 0.326 e. The highest BCUT2D eigenvalue weighted by atomic mass is 16.4. The molecule has 6 heteroatoms. The number of aliphatic carboxylic acids is 1. The molecule has 0 bridgehead atoms. The van der Waals surface area contributed by atoms with Gasteiger partial charge in [-0.1, -0.05) is 18.2 Å². The maximum Gasteiger partial charge on any atom is 0.326 e. The molecule has 2 heterocycles. The van der Waals surface area contributed by atoms with E-state index in [1.54, 1.807) is 17.0 Å². The Morgan fingerprint density at radius 3 is 2.63 bits per heavy atom. The summed E-state index contributed by atoms with van der Waals surface area (Å²) in [5, 5.41) is 11.5. The number of fused-ring (bicyclic) bond motifs is 1. The van der Waals surface area contributed by atoms with Gasteiger partial charge in [-0.2, -0.15) is 0 Å². The topological polar surface area (TPSA) is 86.7 Å². The number of nitrogens with zero attached hydrogens (tertiary/aromatic N) is 1. The summed E-state index contributed by atoms with van der Waals surface area (Å²) >= 11 is 0. The van der Waals surface area contributed by atoms with E-state index in [4.69, 9.17) is 0 Å². The zero-order valence-corrected chi connectivity index (χ0v) is 10.00. The van der Waals surface area contributed by atoms with Crippen molar-refractivity contribution in [3.63, 3.8) is 0 Å². The molecule has 2 unspecified atom stereocenters. The average Bonchev–Trinajstić information content (AvgIpc) is 2.89. The van der Waals surface area contributed by atoms with Gasteiger partial charge in [0.1, 0.15) is 12.1 Å². The van der Waals surface area contributed by atoms with Gasteiger partial charge in [0.25, 0.3) is 0 Å². The predicted molar refractivity (Wildman–Crippen MR) is 65.6 cm³/mol. The van der Waals surface area contributed by atoms with Crippen LogP contribution in [0.1, 0.15) is 12.0 Å². The van der Waals surface area contributed by atoms with Gasteiger partial charge < -0.3 is 10.0 Å². The first kappa shape index (κ1) is 11.7. The first-order valence-electron chi connectivity index (χ1n) is 6.00. The fraction of sp³-hybridized carbons (Fsp3) is 0.308. The Hall–Kier alpha value is -2.37. The zero-order chi connectivity index (χ0) is 13.6. The van der Waals surface area contributed by atoms with Gasteiger partial charge in [0.2, 0.25) is 11.8 Å². The maximum atomic E-state index is 11.8. The molecular weight excluding hydrogens is 248 g/mol. The normalized spacial score (nSPS) is 25.4. The molecule has 2 aliphatic heterocycles. The van der Waals surface area contributed by atoms with E-state index in [1.807, 2.05) is 12.1 Å². The number of carboxylic acid groups (broad SMARTS) is 1. The Labute approximate surface area is 109 Å². The van der Waals surface area contributed by atoms with Crippen LogP contribution in [0.25, 0.3) is 0 Å². The Kier molecular flexibility index (Phi) is 2.51. The van der Waals surface area contributed by atoms with Crippen LogP contribution in [-0.4, -0.2) is 35.0 Å². The minimum Gasteiger partial charge on any atom is -0.480 e. The van der Waals surface area contributed by atoms with Crippen LogP contribution in [0.4, 0.5) is 5.69 Å². The first-order chi connectivity index (χ1) is 9.08. The van der Waals surface area contributed by atoms with E-state index in [0.29, 0.717) is 6.42 Å². The maximum absolute atomic E-state index is 11.8. The molecule has 2 amide bonds. The highest BCUT2D eigenvalue weighted by Gasteiger charge is 2.44. The van der Waals surface area contributed by atoms with E-state index in [2.05, 4.69) is 5.32 Å². The van der Waals surface area contributed by atoms with Crippen molar-refractivity contribution < 1.29 is 19.5 Å². The molecule has 2 N–H and O–H groups in total. The summed E-state index contributed by atoms with van der Waals surface area (Å²) in [5.74, 6) is -1.76. The number of imide groups is 1. The van der Waals surface area contributed by atoms with E-state index in [0.717, 1.165) is 11.3 Å². The van der Waals surface area contributed by atoms with Crippen molar-refractivity contribution in [2.24, 2.45) is 0 Å². The monoisotopic (exact) mass is 260 g/mol. The Morgan fingerprint density at radius 2 is 2.00 bits per heavy atom. The molecular formula is C13H12N2O4. The van der Waals surface area contributed by atoms with Crippen LogP contribution in [0.3, 0.4) is 0 Å². The van der Waals surface area contributed by atoms with Crippen molar-refractivity contribution in [2.75, 3.05) is 4.90 Å². The van der Waals surface area contributed by atoms with E-state index in [9.17, 15) is 19.5 Å². The standard InChI is InChI=1S/C13H12N2O4/c16-11-6-9(12(17)14-11)15-8-4-2-1-3-7(8)5-10(15)13(18)19/h1-4,9-10H,5-6H2,(H,18,19)(H,14,16,17). The number of carbonyl (C=O) groups excluding carboxylic acids is 2. The molecule has 0 radical (unpaired) electrons. The molecule has 98 valence electrons. The van der Waals surface area contributed by atoms with Crippen molar-refractivity contribution in [2.45, 2.75) is 24.9 Å². The molecule has 2 aliphatic rings. The van der Waals surface area contributed by atoms with Gasteiger partial charge in [-0.15, -0.1) is 0 Å². The van der Waals surface area contributed by atoms with Crippen molar-refractivity contribution in [3.05, 3.63) is 29.8 Å². The molecule has 6 nitrogen and oxygen atoms in total. The molecule has 0 aromatic heterocycles. The number of benzene rings is 1. The van der Waals surface area contributed by atoms with Crippen molar-refractivity contribution in [3.8, 4) is 0 Å². The van der Waals surface area contributed by atoms with Crippen LogP contribution < -0.4 is 10.2 Å². The van der Waals surface area contributed by atoms with Crippen LogP contribution in [0, 0.1) is 0 Å². The molecule has 0 spiro atoms. The lowest BCUT2D eigenvalue weighted by molar-refractivity contribution is -0.138. The van der Waals surface area contributed by atoms with Crippen LogP contribution in [0.15, 0.2) is 24.3 Å². The molecule has 2 atom stereocenters. The quantitative estimate of drug-likeness (QED) is 0.726. The molecule has 1 fully saturated rings. The fourth-order valence-electron chi connectivity index (χ4n) is 2.77. The molecule has 3 rings (SSSR count). The molecule has 1 saturated heterocycles. The summed E-state index contributed by atoms with van der Waals surface area (Å²) in [6.07, 6.45) is 0.362. The van der Waals surface area contributed by atoms with Gasteiger partial charge in [-0.25, -0.2) is 4.79 Å². The summed E-state index contributed by atoms with van der Waals surface area (Å²) in [6.45, 7) is 0. The Balaban J connectivity index is 2.03. The SMILES string of the molecule is O=C1CC(N2c3ccccc3CC2C(=O)O)C(=O)N1. The number of carboxylic acids is 1. The number of anilines is 1. The number of hydrogen-bond donors (Lipinski definition) is 2. The summed E-state index contributed by atoms with van der Waals surface area (Å²) < 4.78 is 0. The third kappa shape index (κ3) is 1.76. The van der Waals surface area contributed by atoms with Gasteiger partial charge in [0, 0.05) is 12.1 Å². The highest BCUT2D eigenvalue weighted by molar-refractivity contribution is 6.08. The molecule has 1 aromatic carbocycles. The lowest BCUT2D eigenvalue weighted by Crippen LogP contribution is -2.48. The second-order valence-corrected chi connectivity index (χ2v) is 4.73. The Bertz CT molecular complexity index is 584. The number of rotatable bonds is 2. The number of para-hydroxylation sites is 1. The summed E-state index contributed by atoms with van der Waals surface area (Å²) in [4.78, 5) is 36.0. The molecule has 1 aromatic rings. The van der Waals surface area contributed by atoms with Crippen LogP contribution >= 0.6 is 0 Å². The summed E-state index contributed by atoms with van der Waals surface area (Å²) in [6, 6.07) is 5.75. The second kappa shape index (κ2) is 4.08. The van der Waals surface area contributed by atoms with Crippen molar-refractivity contribution in [1.29, 1.82) is 0 Å². The minimum atomic E-state index is -0.983. The van der Waals surface area contributed by atoms with Crippen LogP contribution in [-0.2, 0) is 20.8 Å². The van der Waals surface area contributed by atoms with E-state index in [1.165, 1.54) is 0 Å². The average molecular weight is 260 g/mol. The van der Waals surface area contributed by atoms with E-state index < -0.39 is 24.0 Å². The number of nitrogens with one attached hydrogen (secondary N) is 1. The van der Waals surface area contributed by atoms with Crippen LogP contribution in [0.5, 0.6) is 0 Å². The number of hydrogen-bond acceptors (Lipinski definition) is 4. The Morgan fingerprint density at radius 1 is 1.26 bits per heavy atom. The van der Waals surface area contributed by atoms with Gasteiger partial charge >= 0.3 is 5.97 Å². The van der Waals surface area contributed by atoms with Gasteiger partial charge in [-0.3, -0.25) is 14.9 Å². The molecule has 19 heavy (non-hydrogen) atoms. The number of amides is 2. The summed E-state index contributed by atoms with van der Waals surface area (Å²) in [7, 11) is 0. The molecule has 0 saturated carbocycles. The fourth-order valence-corrected chi connectivity index (χ4v) is 2.77. The third-order valence-corrected chi connectivity index (χ3v) is 3.58. The highest BCUT2D eigenvalue weighted by Crippen LogP contribution is 2.35. The summed E-state index contributed by atoms with van der Waals surface area (Å²) in [5.41, 5.74) is 1.62. The largest absolute Gasteiger partial charge is 0.480 e. The zero-order valence-electron chi connectivity index (χ0n) is 10.00. The van der Waals surface area contributed by atoms with E-state index in [-0.39, 0.29) is 12.3 Å². The second-order valence-electron chi connectivity index (χ2n) is 4.73.